The molecule has 0 heterocycles. The van der Waals surface area contributed by atoms with Crippen molar-refractivity contribution in [1.29, 1.82) is 0 Å². The highest BCUT2D eigenvalue weighted by atomic mass is 35.5. The average molecular weight is 281 g/mol. The van der Waals surface area contributed by atoms with Crippen LogP contribution in [0.2, 0.25) is 5.02 Å². The number of aromatic carboxylic acids is 1. The van der Waals surface area contributed by atoms with Gasteiger partial charge >= 0.3 is 5.97 Å². The second-order valence-corrected chi connectivity index (χ2v) is 4.24. The quantitative estimate of drug-likeness (QED) is 0.752. The lowest BCUT2D eigenvalue weighted by molar-refractivity contribution is 0.0692. The lowest BCUT2D eigenvalue weighted by atomic mass is 10.1. The number of carboxylic acid groups (broad SMARTS) is 1. The van der Waals surface area contributed by atoms with Gasteiger partial charge in [0, 0.05) is 6.07 Å². The first-order chi connectivity index (χ1) is 8.99. The number of anilines is 3. The fraction of sp³-hybridized carbons (Fsp3) is 0. The highest BCUT2D eigenvalue weighted by Gasteiger charge is 2.14. The van der Waals surface area contributed by atoms with E-state index in [0.717, 1.165) is 12.1 Å². The Labute approximate surface area is 113 Å². The molecule has 0 saturated carbocycles. The van der Waals surface area contributed by atoms with Crippen LogP contribution in [0.4, 0.5) is 21.5 Å². The summed E-state index contributed by atoms with van der Waals surface area (Å²) in [4.78, 5) is 10.8. The smallest absolute Gasteiger partial charge is 0.338 e. The van der Waals surface area contributed by atoms with Gasteiger partial charge in [0.1, 0.15) is 5.82 Å². The molecule has 4 nitrogen and oxygen atoms in total. The summed E-state index contributed by atoms with van der Waals surface area (Å²) < 4.78 is 13.6. The number of hydrogen-bond acceptors (Lipinski definition) is 3. The van der Waals surface area contributed by atoms with Gasteiger partial charge in [-0.1, -0.05) is 23.7 Å². The van der Waals surface area contributed by atoms with Gasteiger partial charge in [0.05, 0.1) is 27.6 Å². The first-order valence-corrected chi connectivity index (χ1v) is 5.70. The van der Waals surface area contributed by atoms with Gasteiger partial charge in [-0.25, -0.2) is 9.18 Å². The molecule has 98 valence electrons. The Morgan fingerprint density at radius 1 is 1.26 bits per heavy atom. The van der Waals surface area contributed by atoms with E-state index in [1.807, 2.05) is 0 Å². The van der Waals surface area contributed by atoms with Crippen molar-refractivity contribution >= 4 is 34.6 Å². The maximum atomic E-state index is 13.6. The van der Waals surface area contributed by atoms with Crippen LogP contribution in [0.5, 0.6) is 0 Å². The van der Waals surface area contributed by atoms with Crippen molar-refractivity contribution in [2.24, 2.45) is 0 Å². The van der Waals surface area contributed by atoms with Crippen LogP contribution in [0.1, 0.15) is 10.4 Å². The molecular formula is C13H10ClFN2O2. The number of benzene rings is 2. The normalized spacial score (nSPS) is 10.2. The molecule has 0 aromatic heterocycles. The third-order valence-electron chi connectivity index (χ3n) is 2.51. The van der Waals surface area contributed by atoms with Gasteiger partial charge < -0.3 is 16.2 Å². The summed E-state index contributed by atoms with van der Waals surface area (Å²) in [5.74, 6) is -2.23. The molecule has 6 heteroatoms. The number of nitrogens with two attached hydrogens (primary N) is 1. The van der Waals surface area contributed by atoms with E-state index in [4.69, 9.17) is 22.4 Å². The average Bonchev–Trinajstić information content (AvgIpc) is 2.35. The van der Waals surface area contributed by atoms with Crippen molar-refractivity contribution in [3.63, 3.8) is 0 Å². The molecule has 4 N–H and O–H groups in total. The molecule has 0 radical (unpaired) electrons. The molecule has 0 spiro atoms. The molecule has 0 fully saturated rings. The molecule has 0 saturated heterocycles. The molecule has 0 amide bonds. The Morgan fingerprint density at radius 3 is 2.58 bits per heavy atom. The highest BCUT2D eigenvalue weighted by molar-refractivity contribution is 6.33. The van der Waals surface area contributed by atoms with E-state index >= 15 is 0 Å². The summed E-state index contributed by atoms with van der Waals surface area (Å²) in [6.07, 6.45) is 0. The maximum Gasteiger partial charge on any atom is 0.338 e. The van der Waals surface area contributed by atoms with E-state index in [0.29, 0.717) is 10.7 Å². The number of rotatable bonds is 3. The van der Waals surface area contributed by atoms with Crippen LogP contribution in [0.15, 0.2) is 36.4 Å². The summed E-state index contributed by atoms with van der Waals surface area (Å²) >= 11 is 5.96. The fourth-order valence-electron chi connectivity index (χ4n) is 1.57. The van der Waals surface area contributed by atoms with E-state index in [-0.39, 0.29) is 11.4 Å². The number of nitrogens with one attached hydrogen (secondary N) is 1. The van der Waals surface area contributed by atoms with Crippen molar-refractivity contribution in [2.45, 2.75) is 0 Å². The Kier molecular flexibility index (Phi) is 3.57. The van der Waals surface area contributed by atoms with Crippen molar-refractivity contribution < 1.29 is 14.3 Å². The largest absolute Gasteiger partial charge is 0.478 e. The number of carboxylic acids is 1. The number of nitrogen functional groups attached to an aromatic ring is 1. The first kappa shape index (κ1) is 13.2. The standard InChI is InChI=1S/C13H10ClFN2O2/c14-8-3-1-2-4-11(8)17-12-6-9(15)7(13(18)19)5-10(12)16/h1-6,17H,16H2,(H,18,19). The van der Waals surface area contributed by atoms with Gasteiger partial charge in [0.2, 0.25) is 0 Å². The Morgan fingerprint density at radius 2 is 1.95 bits per heavy atom. The Hall–Kier alpha value is -2.27. The van der Waals surface area contributed by atoms with Crippen LogP contribution >= 0.6 is 11.6 Å². The van der Waals surface area contributed by atoms with Gasteiger partial charge in [-0.15, -0.1) is 0 Å². The van der Waals surface area contributed by atoms with Gasteiger partial charge in [0.15, 0.2) is 0 Å². The lowest BCUT2D eigenvalue weighted by Crippen LogP contribution is -2.05. The number of hydrogen-bond donors (Lipinski definition) is 3. The van der Waals surface area contributed by atoms with Crippen LogP contribution < -0.4 is 11.1 Å². The minimum Gasteiger partial charge on any atom is -0.478 e. The minimum absolute atomic E-state index is 0.124. The molecule has 0 aliphatic carbocycles. The van der Waals surface area contributed by atoms with Gasteiger partial charge in [0.25, 0.3) is 0 Å². The zero-order valence-corrected chi connectivity index (χ0v) is 10.4. The van der Waals surface area contributed by atoms with Crippen LogP contribution in [0, 0.1) is 5.82 Å². The predicted octanol–water partition coefficient (Wildman–Crippen LogP) is 3.50. The van der Waals surface area contributed by atoms with E-state index in [2.05, 4.69) is 5.32 Å². The van der Waals surface area contributed by atoms with E-state index in [9.17, 15) is 9.18 Å². The van der Waals surface area contributed by atoms with E-state index in [1.54, 1.807) is 24.3 Å². The molecular weight excluding hydrogens is 271 g/mol. The number of carbonyl (C=O) groups is 1. The third kappa shape index (κ3) is 2.77. The number of para-hydroxylation sites is 1. The van der Waals surface area contributed by atoms with Crippen LogP contribution in [0.3, 0.4) is 0 Å². The molecule has 2 aromatic carbocycles. The first-order valence-electron chi connectivity index (χ1n) is 5.33. The zero-order valence-electron chi connectivity index (χ0n) is 9.65. The predicted molar refractivity (Wildman–Crippen MR) is 72.5 cm³/mol. The summed E-state index contributed by atoms with van der Waals surface area (Å²) in [5, 5.41) is 12.1. The van der Waals surface area contributed by atoms with Gasteiger partial charge in [-0.2, -0.15) is 0 Å². The summed E-state index contributed by atoms with van der Waals surface area (Å²) in [5.41, 5.74) is 6.16. The molecule has 2 rings (SSSR count). The van der Waals surface area contributed by atoms with E-state index < -0.39 is 17.3 Å². The summed E-state index contributed by atoms with van der Waals surface area (Å²) in [7, 11) is 0. The van der Waals surface area contributed by atoms with E-state index in [1.165, 1.54) is 0 Å². The van der Waals surface area contributed by atoms with Crippen molar-refractivity contribution in [3.8, 4) is 0 Å². The second kappa shape index (κ2) is 5.16. The SMILES string of the molecule is Nc1cc(C(=O)O)c(F)cc1Nc1ccccc1Cl. The van der Waals surface area contributed by atoms with Gasteiger partial charge in [-0.05, 0) is 18.2 Å². The van der Waals surface area contributed by atoms with Crippen molar-refractivity contribution in [1.82, 2.24) is 0 Å². The van der Waals surface area contributed by atoms with Crippen LogP contribution in [0.25, 0.3) is 0 Å². The topological polar surface area (TPSA) is 75.4 Å². The zero-order chi connectivity index (χ0) is 14.0. The molecule has 0 bridgehead atoms. The lowest BCUT2D eigenvalue weighted by Gasteiger charge is -2.11. The van der Waals surface area contributed by atoms with Crippen LogP contribution in [-0.2, 0) is 0 Å². The Balaban J connectivity index is 2.39. The molecule has 19 heavy (non-hydrogen) atoms. The molecule has 0 aliphatic heterocycles. The molecule has 0 unspecified atom stereocenters. The Bertz CT molecular complexity index is 647. The maximum absolute atomic E-state index is 13.6. The summed E-state index contributed by atoms with van der Waals surface area (Å²) in [6.45, 7) is 0. The highest BCUT2D eigenvalue weighted by Crippen LogP contribution is 2.29. The van der Waals surface area contributed by atoms with Crippen LogP contribution in [-0.4, -0.2) is 11.1 Å². The second-order valence-electron chi connectivity index (χ2n) is 3.83. The third-order valence-corrected chi connectivity index (χ3v) is 2.84. The monoisotopic (exact) mass is 280 g/mol. The van der Waals surface area contributed by atoms with Gasteiger partial charge in [-0.3, -0.25) is 0 Å². The number of halogens is 2. The van der Waals surface area contributed by atoms with Crippen molar-refractivity contribution in [2.75, 3.05) is 11.1 Å². The molecule has 2 aromatic rings. The molecule has 0 atom stereocenters. The molecule has 0 aliphatic rings. The summed E-state index contributed by atoms with van der Waals surface area (Å²) in [6, 6.07) is 8.98. The van der Waals surface area contributed by atoms with Crippen molar-refractivity contribution in [3.05, 3.63) is 52.8 Å². The minimum atomic E-state index is -1.37. The fourth-order valence-corrected chi connectivity index (χ4v) is 1.75.